The molecule has 1 unspecified atom stereocenters. The van der Waals surface area contributed by atoms with Crippen molar-refractivity contribution in [2.75, 3.05) is 55.3 Å². The summed E-state index contributed by atoms with van der Waals surface area (Å²) in [7, 11) is 0. The lowest BCUT2D eigenvalue weighted by molar-refractivity contribution is -0.138. The minimum Gasteiger partial charge on any atom is -0.483 e. The van der Waals surface area contributed by atoms with Crippen molar-refractivity contribution < 1.29 is 31.8 Å². The van der Waals surface area contributed by atoms with Gasteiger partial charge in [-0.25, -0.2) is 14.2 Å². The van der Waals surface area contributed by atoms with E-state index in [-0.39, 0.29) is 46.9 Å². The molecule has 2 aliphatic rings. The third-order valence-corrected chi connectivity index (χ3v) is 7.01. The van der Waals surface area contributed by atoms with Gasteiger partial charge in [-0.2, -0.15) is 18.2 Å². The molecule has 2 aliphatic heterocycles. The van der Waals surface area contributed by atoms with Gasteiger partial charge in [-0.15, -0.1) is 0 Å². The van der Waals surface area contributed by atoms with Crippen LogP contribution in [0.3, 0.4) is 0 Å². The molecule has 1 atom stereocenters. The second-order valence-electron chi connectivity index (χ2n) is 10.1. The number of alkyl halides is 3. The quantitative estimate of drug-likeness (QED) is 0.315. The molecule has 3 N–H and O–H groups in total. The van der Waals surface area contributed by atoms with Gasteiger partial charge >= 0.3 is 12.2 Å². The highest BCUT2D eigenvalue weighted by Gasteiger charge is 2.34. The van der Waals surface area contributed by atoms with Crippen LogP contribution < -0.4 is 25.4 Å². The molecule has 0 spiro atoms. The van der Waals surface area contributed by atoms with Crippen LogP contribution >= 0.6 is 0 Å². The Bertz CT molecular complexity index is 1430. The zero-order chi connectivity index (χ0) is 29.9. The van der Waals surface area contributed by atoms with Crippen molar-refractivity contribution in [3.8, 4) is 17.4 Å². The van der Waals surface area contributed by atoms with E-state index in [1.54, 1.807) is 0 Å². The van der Waals surface area contributed by atoms with Crippen molar-refractivity contribution in [1.29, 1.82) is 0 Å². The Morgan fingerprint density at radius 1 is 1.07 bits per heavy atom. The number of likely N-dealkylation sites (N-methyl/N-ethyl adjacent to an activating group) is 1. The van der Waals surface area contributed by atoms with Gasteiger partial charge in [0.2, 0.25) is 5.75 Å². The number of carbonyl (C=O) groups is 1. The predicted molar refractivity (Wildman–Crippen MR) is 149 cm³/mol. The van der Waals surface area contributed by atoms with Gasteiger partial charge in [0.1, 0.15) is 12.9 Å². The van der Waals surface area contributed by atoms with Crippen molar-refractivity contribution >= 4 is 23.2 Å². The molecule has 3 heterocycles. The van der Waals surface area contributed by atoms with Crippen molar-refractivity contribution in [3.63, 3.8) is 0 Å². The average molecular weight is 590 g/mol. The molecule has 5 rings (SSSR count). The van der Waals surface area contributed by atoms with E-state index in [4.69, 9.17) is 9.47 Å². The van der Waals surface area contributed by atoms with Gasteiger partial charge in [0, 0.05) is 50.2 Å². The Kier molecular flexibility index (Phi) is 8.64. The van der Waals surface area contributed by atoms with Crippen LogP contribution in [0.1, 0.15) is 25.0 Å². The topological polar surface area (TPSA) is 104 Å². The molecule has 1 saturated heterocycles. The molecule has 2 amide bonds. The standard InChI is InChI=1S/C28H31F4N7O3/c1-3-38-8-10-39(11-9-38)14-18-4-5-19(12-21(18)28(30,31)32)36-27(40)37-20-6-7-23(22(29)13-20)42-26-24-25(33-16-34-26)35-17(2)15-41-24/h4-7,12-13,16-17H,3,8-11,14-15H2,1-2H3,(H,33,34,35)(H2,36,37,40). The van der Waals surface area contributed by atoms with E-state index in [1.807, 2.05) is 11.8 Å². The van der Waals surface area contributed by atoms with Crippen molar-refractivity contribution in [2.45, 2.75) is 32.6 Å². The number of amides is 2. The highest BCUT2D eigenvalue weighted by Crippen LogP contribution is 2.38. The first-order valence-electron chi connectivity index (χ1n) is 13.5. The fraction of sp³-hybridized carbons (Fsp3) is 0.393. The summed E-state index contributed by atoms with van der Waals surface area (Å²) < 4.78 is 67.8. The van der Waals surface area contributed by atoms with Gasteiger partial charge in [-0.05, 0) is 43.3 Å². The molecule has 0 aliphatic carbocycles. The summed E-state index contributed by atoms with van der Waals surface area (Å²) >= 11 is 0. The molecule has 14 heteroatoms. The highest BCUT2D eigenvalue weighted by molar-refractivity contribution is 5.99. The van der Waals surface area contributed by atoms with Crippen LogP contribution in [0.25, 0.3) is 0 Å². The summed E-state index contributed by atoms with van der Waals surface area (Å²) in [6.07, 6.45) is -3.35. The Labute approximate surface area is 240 Å². The predicted octanol–water partition coefficient (Wildman–Crippen LogP) is 5.40. The Morgan fingerprint density at radius 3 is 2.45 bits per heavy atom. The van der Waals surface area contributed by atoms with Crippen LogP contribution in [-0.2, 0) is 12.7 Å². The van der Waals surface area contributed by atoms with Crippen LogP contribution in [0.5, 0.6) is 17.4 Å². The third-order valence-electron chi connectivity index (χ3n) is 7.01. The average Bonchev–Trinajstić information content (AvgIpc) is 2.95. The van der Waals surface area contributed by atoms with E-state index in [1.165, 1.54) is 30.6 Å². The maximum Gasteiger partial charge on any atom is 0.416 e. The number of halogens is 4. The van der Waals surface area contributed by atoms with Crippen LogP contribution in [0.4, 0.5) is 39.5 Å². The molecule has 0 radical (unpaired) electrons. The van der Waals surface area contributed by atoms with Crippen molar-refractivity contribution in [1.82, 2.24) is 19.8 Å². The first-order chi connectivity index (χ1) is 20.1. The molecule has 1 fully saturated rings. The number of hydrogen-bond acceptors (Lipinski definition) is 8. The molecule has 42 heavy (non-hydrogen) atoms. The lowest BCUT2D eigenvalue weighted by atomic mass is 10.0. The molecule has 224 valence electrons. The van der Waals surface area contributed by atoms with Gasteiger partial charge in [-0.1, -0.05) is 13.0 Å². The number of anilines is 3. The number of rotatable bonds is 7. The number of nitrogens with zero attached hydrogens (tertiary/aromatic N) is 4. The Hall–Kier alpha value is -4.17. The number of urea groups is 1. The number of benzene rings is 2. The van der Waals surface area contributed by atoms with E-state index in [0.29, 0.717) is 25.5 Å². The summed E-state index contributed by atoms with van der Waals surface area (Å²) in [5.41, 5.74) is -0.660. The van der Waals surface area contributed by atoms with Gasteiger partial charge in [0.25, 0.3) is 5.88 Å². The second-order valence-corrected chi connectivity index (χ2v) is 10.1. The third kappa shape index (κ3) is 6.99. The SMILES string of the molecule is CCN1CCN(Cc2ccc(NC(=O)Nc3ccc(Oc4ncnc5c4OCC(C)N5)c(F)c3)cc2C(F)(F)F)CC1. The van der Waals surface area contributed by atoms with Crippen LogP contribution in [0.15, 0.2) is 42.7 Å². The largest absolute Gasteiger partial charge is 0.483 e. The van der Waals surface area contributed by atoms with Crippen LogP contribution in [0.2, 0.25) is 0 Å². The molecular weight excluding hydrogens is 558 g/mol. The number of ether oxygens (including phenoxy) is 2. The van der Waals surface area contributed by atoms with Crippen molar-refractivity contribution in [3.05, 3.63) is 59.7 Å². The van der Waals surface area contributed by atoms with Gasteiger partial charge < -0.3 is 30.3 Å². The summed E-state index contributed by atoms with van der Waals surface area (Å²) in [5, 5.41) is 7.94. The molecular formula is C28H31F4N7O3. The molecule has 1 aromatic heterocycles. The summed E-state index contributed by atoms with van der Waals surface area (Å²) in [4.78, 5) is 24.9. The van der Waals surface area contributed by atoms with E-state index in [9.17, 15) is 22.4 Å². The second kappa shape index (κ2) is 12.4. The zero-order valence-corrected chi connectivity index (χ0v) is 23.1. The van der Waals surface area contributed by atoms with Crippen LogP contribution in [-0.4, -0.2) is 71.2 Å². The van der Waals surface area contributed by atoms with E-state index in [2.05, 4.69) is 37.7 Å². The number of hydrogen-bond donors (Lipinski definition) is 3. The van der Waals surface area contributed by atoms with Gasteiger partial charge in [-0.3, -0.25) is 4.90 Å². The van der Waals surface area contributed by atoms with E-state index < -0.39 is 23.6 Å². The van der Waals surface area contributed by atoms with Gasteiger partial charge in [0.05, 0.1) is 11.6 Å². The molecule has 2 aromatic carbocycles. The lowest BCUT2D eigenvalue weighted by Crippen LogP contribution is -2.45. The van der Waals surface area contributed by atoms with Gasteiger partial charge in [0.15, 0.2) is 17.4 Å². The lowest BCUT2D eigenvalue weighted by Gasteiger charge is -2.34. The Balaban J connectivity index is 1.23. The maximum absolute atomic E-state index is 14.8. The fourth-order valence-corrected chi connectivity index (χ4v) is 4.77. The van der Waals surface area contributed by atoms with Crippen LogP contribution in [0, 0.1) is 5.82 Å². The molecule has 10 nitrogen and oxygen atoms in total. The zero-order valence-electron chi connectivity index (χ0n) is 23.1. The number of fused-ring (bicyclic) bond motifs is 1. The van der Waals surface area contributed by atoms with Crippen molar-refractivity contribution in [2.24, 2.45) is 0 Å². The monoisotopic (exact) mass is 589 g/mol. The first-order valence-corrected chi connectivity index (χ1v) is 13.5. The van der Waals surface area contributed by atoms with E-state index in [0.717, 1.165) is 31.8 Å². The summed E-state index contributed by atoms with van der Waals surface area (Å²) in [6, 6.07) is 6.59. The minimum absolute atomic E-state index is 0.0175. The Morgan fingerprint density at radius 2 is 1.76 bits per heavy atom. The number of piperazine rings is 1. The minimum atomic E-state index is -4.60. The molecule has 0 saturated carbocycles. The maximum atomic E-state index is 14.8. The summed E-state index contributed by atoms with van der Waals surface area (Å²) in [5.74, 6) is -0.291. The number of aromatic nitrogens is 2. The normalized spacial score (nSPS) is 17.5. The number of carbonyl (C=O) groups excluding carboxylic acids is 1. The molecule has 0 bridgehead atoms. The number of nitrogens with one attached hydrogen (secondary N) is 3. The molecule has 3 aromatic rings. The first kappa shape index (κ1) is 29.3. The smallest absolute Gasteiger partial charge is 0.416 e. The highest BCUT2D eigenvalue weighted by atomic mass is 19.4. The van der Waals surface area contributed by atoms with E-state index >= 15 is 0 Å². The fourth-order valence-electron chi connectivity index (χ4n) is 4.77. The summed E-state index contributed by atoms with van der Waals surface area (Å²) in [6.45, 7) is 8.35.